The lowest BCUT2D eigenvalue weighted by atomic mass is 9.58. The molecule has 0 aliphatic heterocycles. The molecule has 0 heterocycles. The number of aliphatic hydroxyl groups excluding tert-OH is 1. The fraction of sp³-hybridized carbons (Fsp3) is 0.350. The average molecular weight is 621 g/mol. The van der Waals surface area contributed by atoms with Crippen molar-refractivity contribution in [1.29, 1.82) is 0 Å². The smallest absolute Gasteiger partial charge is 0.255 e. The minimum atomic E-state index is -2.01. The lowest BCUT2D eigenvalue weighted by Gasteiger charge is -2.47. The Labute approximate surface area is 193 Å². The molecule has 4 rings (SSSR count). The number of fused-ring (bicyclic) bond motifs is 3. The summed E-state index contributed by atoms with van der Waals surface area (Å²) in [5.41, 5.74) is 4.09. The number of carbonyl (C=O) groups is 3. The fourth-order valence-corrected chi connectivity index (χ4v) is 6.95. The van der Waals surface area contributed by atoms with Crippen molar-refractivity contribution in [2.24, 2.45) is 17.6 Å². The summed E-state index contributed by atoms with van der Waals surface area (Å²) in [6.07, 6.45) is 0.624. The second kappa shape index (κ2) is 6.77. The first kappa shape index (κ1) is 20.8. The first-order valence-electron chi connectivity index (χ1n) is 8.94. The van der Waals surface area contributed by atoms with Crippen molar-refractivity contribution in [3.05, 3.63) is 46.8 Å². The third kappa shape index (κ3) is 2.73. The van der Waals surface area contributed by atoms with Gasteiger partial charge in [0.15, 0.2) is 11.6 Å². The summed E-state index contributed by atoms with van der Waals surface area (Å²) in [6.45, 7) is 1.53. The van der Waals surface area contributed by atoms with Gasteiger partial charge in [-0.3, -0.25) is 14.4 Å². The number of aliphatic hydroxyl groups is 2. The number of rotatable bonds is 1. The van der Waals surface area contributed by atoms with Crippen molar-refractivity contribution in [3.63, 3.8) is 0 Å². The quantitative estimate of drug-likeness (QED) is 0.281. The number of primary amides is 1. The van der Waals surface area contributed by atoms with Gasteiger partial charge in [0.05, 0.1) is 9.13 Å². The Balaban J connectivity index is 1.98. The van der Waals surface area contributed by atoms with Crippen LogP contribution >= 0.6 is 45.2 Å². The topological polar surface area (TPSA) is 138 Å². The Morgan fingerprint density at radius 3 is 2.48 bits per heavy atom. The number of nitrogens with two attached hydrogens (primary N) is 1. The van der Waals surface area contributed by atoms with Crippen LogP contribution in [0.4, 0.5) is 0 Å². The molecule has 1 aromatic rings. The number of phenols is 1. The average Bonchev–Trinajstić information content (AvgIpc) is 2.62. The number of phenolic OH excluding ortho intramolecular Hbond substituents is 1. The van der Waals surface area contributed by atoms with Crippen molar-refractivity contribution in [1.82, 2.24) is 0 Å². The maximum atomic E-state index is 13.4. The van der Waals surface area contributed by atoms with Crippen LogP contribution < -0.4 is 5.73 Å². The molecular weight excluding hydrogens is 604 g/mol. The SMILES string of the molecule is CC1=C2C(=O)c3c(O)c(I)cc(I)c3C[C@H]2C[C@H]2CC(=O)C(C(N)=O)=C(O)[C@@]12O. The van der Waals surface area contributed by atoms with E-state index in [1.54, 1.807) is 6.07 Å². The molecule has 152 valence electrons. The molecule has 3 aliphatic carbocycles. The summed E-state index contributed by atoms with van der Waals surface area (Å²) in [6, 6.07) is 1.81. The van der Waals surface area contributed by atoms with Crippen LogP contribution in [0, 0.1) is 19.0 Å². The molecule has 29 heavy (non-hydrogen) atoms. The number of Topliss-reactive ketones (excluding diaryl/α,β-unsaturated/α-hetero) is 2. The van der Waals surface area contributed by atoms with Crippen LogP contribution in [0.2, 0.25) is 0 Å². The van der Waals surface area contributed by atoms with Gasteiger partial charge in [-0.05, 0) is 88.1 Å². The summed E-state index contributed by atoms with van der Waals surface area (Å²) in [5, 5.41) is 32.6. The normalized spacial score (nSPS) is 28.8. The van der Waals surface area contributed by atoms with Crippen LogP contribution in [0.25, 0.3) is 0 Å². The molecule has 0 saturated heterocycles. The molecule has 3 aliphatic rings. The summed E-state index contributed by atoms with van der Waals surface area (Å²) in [5.74, 6) is -3.93. The summed E-state index contributed by atoms with van der Waals surface area (Å²) in [7, 11) is 0. The molecule has 9 heteroatoms. The number of halogens is 2. The molecule has 0 radical (unpaired) electrons. The van der Waals surface area contributed by atoms with Crippen LogP contribution in [0.15, 0.2) is 28.5 Å². The highest BCUT2D eigenvalue weighted by atomic mass is 127. The number of ketones is 2. The van der Waals surface area contributed by atoms with Crippen molar-refractivity contribution in [2.45, 2.75) is 31.8 Å². The van der Waals surface area contributed by atoms with E-state index < -0.39 is 40.3 Å². The first-order chi connectivity index (χ1) is 13.5. The number of hydrogen-bond donors (Lipinski definition) is 4. The van der Waals surface area contributed by atoms with Crippen LogP contribution in [0.3, 0.4) is 0 Å². The van der Waals surface area contributed by atoms with Crippen LogP contribution in [-0.2, 0) is 16.0 Å². The highest BCUT2D eigenvalue weighted by Gasteiger charge is 2.56. The van der Waals surface area contributed by atoms with E-state index in [2.05, 4.69) is 22.6 Å². The van der Waals surface area contributed by atoms with E-state index in [4.69, 9.17) is 5.73 Å². The molecule has 5 N–H and O–H groups in total. The maximum Gasteiger partial charge on any atom is 0.255 e. The molecule has 0 aromatic heterocycles. The van der Waals surface area contributed by atoms with E-state index in [0.29, 0.717) is 22.0 Å². The molecule has 7 nitrogen and oxygen atoms in total. The van der Waals surface area contributed by atoms with Gasteiger partial charge in [-0.2, -0.15) is 0 Å². The van der Waals surface area contributed by atoms with Gasteiger partial charge in [-0.1, -0.05) is 0 Å². The van der Waals surface area contributed by atoms with Crippen molar-refractivity contribution >= 4 is 62.7 Å². The number of amides is 1. The van der Waals surface area contributed by atoms with Gasteiger partial charge < -0.3 is 21.1 Å². The highest BCUT2D eigenvalue weighted by molar-refractivity contribution is 14.1. The van der Waals surface area contributed by atoms with E-state index in [9.17, 15) is 29.7 Å². The second-order valence-electron chi connectivity index (χ2n) is 7.73. The zero-order valence-corrected chi connectivity index (χ0v) is 19.6. The fourth-order valence-electron chi connectivity index (χ4n) is 4.97. The lowest BCUT2D eigenvalue weighted by molar-refractivity contribution is -0.126. The lowest BCUT2D eigenvalue weighted by Crippen LogP contribution is -2.53. The molecule has 0 saturated carbocycles. The minimum Gasteiger partial charge on any atom is -0.508 e. The Kier molecular flexibility index (Phi) is 4.85. The van der Waals surface area contributed by atoms with E-state index >= 15 is 0 Å². The molecule has 0 unspecified atom stereocenters. The third-order valence-electron chi connectivity index (χ3n) is 6.33. The summed E-state index contributed by atoms with van der Waals surface area (Å²) >= 11 is 4.09. The Bertz CT molecular complexity index is 1090. The van der Waals surface area contributed by atoms with Gasteiger partial charge in [0.1, 0.15) is 22.7 Å². The summed E-state index contributed by atoms with van der Waals surface area (Å²) < 4.78 is 1.41. The molecule has 3 atom stereocenters. The zero-order chi connectivity index (χ0) is 21.4. The third-order valence-corrected chi connectivity index (χ3v) is 8.11. The van der Waals surface area contributed by atoms with Crippen LogP contribution in [-0.4, -0.2) is 38.4 Å². The van der Waals surface area contributed by atoms with E-state index in [1.165, 1.54) is 6.92 Å². The standard InChI is InChI=1S/C20H17I2NO6/c1-6-13-7(3-9-10(21)5-11(22)16(25)14(9)17(13)26)2-8-4-12(24)15(19(23)28)18(27)20(6,8)29/h5,7-8,25,27,29H,2-4H2,1H3,(H2,23,28)/t7-,8+,20-/m1/s1. The van der Waals surface area contributed by atoms with E-state index in [-0.39, 0.29) is 29.2 Å². The zero-order valence-electron chi connectivity index (χ0n) is 15.3. The summed E-state index contributed by atoms with van der Waals surface area (Å²) in [4.78, 5) is 37.4. The van der Waals surface area contributed by atoms with Crippen molar-refractivity contribution in [2.75, 3.05) is 0 Å². The van der Waals surface area contributed by atoms with Crippen molar-refractivity contribution in [3.8, 4) is 5.75 Å². The molecular formula is C20H17I2NO6. The predicted octanol–water partition coefficient (Wildman–Crippen LogP) is 2.29. The second-order valence-corrected chi connectivity index (χ2v) is 10.0. The van der Waals surface area contributed by atoms with Gasteiger partial charge in [-0.25, -0.2) is 0 Å². The van der Waals surface area contributed by atoms with Gasteiger partial charge in [-0.15, -0.1) is 0 Å². The molecule has 0 bridgehead atoms. The van der Waals surface area contributed by atoms with E-state index in [1.807, 2.05) is 22.6 Å². The minimum absolute atomic E-state index is 0.102. The Morgan fingerprint density at radius 1 is 1.21 bits per heavy atom. The number of hydrogen-bond acceptors (Lipinski definition) is 6. The van der Waals surface area contributed by atoms with E-state index in [0.717, 1.165) is 9.13 Å². The van der Waals surface area contributed by atoms with Gasteiger partial charge in [0.2, 0.25) is 0 Å². The number of aromatic hydroxyl groups is 1. The first-order valence-corrected chi connectivity index (χ1v) is 11.1. The Morgan fingerprint density at radius 2 is 1.86 bits per heavy atom. The molecule has 0 fully saturated rings. The van der Waals surface area contributed by atoms with Gasteiger partial charge in [0, 0.05) is 21.5 Å². The van der Waals surface area contributed by atoms with Crippen molar-refractivity contribution < 1.29 is 29.7 Å². The largest absolute Gasteiger partial charge is 0.508 e. The maximum absolute atomic E-state index is 13.4. The highest BCUT2D eigenvalue weighted by Crippen LogP contribution is 2.53. The number of allylic oxidation sites excluding steroid dienone is 1. The number of carbonyl (C=O) groups excluding carboxylic acids is 3. The Hall–Kier alpha value is -1.47. The molecule has 0 spiro atoms. The predicted molar refractivity (Wildman–Crippen MR) is 119 cm³/mol. The van der Waals surface area contributed by atoms with Gasteiger partial charge >= 0.3 is 0 Å². The molecule has 1 amide bonds. The van der Waals surface area contributed by atoms with Crippen LogP contribution in [0.1, 0.15) is 35.7 Å². The monoisotopic (exact) mass is 621 g/mol. The van der Waals surface area contributed by atoms with Gasteiger partial charge in [0.25, 0.3) is 5.91 Å². The number of benzene rings is 1. The molecule has 1 aromatic carbocycles. The van der Waals surface area contributed by atoms with Crippen LogP contribution in [0.5, 0.6) is 5.75 Å².